The van der Waals surface area contributed by atoms with Gasteiger partial charge in [-0.05, 0) is 19.2 Å². The Bertz CT molecular complexity index is 138. The van der Waals surface area contributed by atoms with Gasteiger partial charge in [0.15, 0.2) is 0 Å². The van der Waals surface area contributed by atoms with Gasteiger partial charge in [0.1, 0.15) is 0 Å². The maximum absolute atomic E-state index is 5.81. The molecule has 0 saturated carbocycles. The molecule has 2 atom stereocenters. The lowest BCUT2D eigenvalue weighted by molar-refractivity contribution is -0.0347. The van der Waals surface area contributed by atoms with Crippen LogP contribution in [0.15, 0.2) is 0 Å². The smallest absolute Gasteiger partial charge is 0.408 e. The second kappa shape index (κ2) is 5.01. The maximum atomic E-state index is 5.81. The minimum absolute atomic E-state index is 0.0334. The second-order valence-electron chi connectivity index (χ2n) is 3.86. The van der Waals surface area contributed by atoms with Crippen LogP contribution in [0.5, 0.6) is 0 Å². The van der Waals surface area contributed by atoms with Gasteiger partial charge in [-0.1, -0.05) is 27.7 Å². The van der Waals surface area contributed by atoms with Gasteiger partial charge in [0.05, 0.1) is 0 Å². The average molecular weight is 184 g/mol. The molecule has 2 nitrogen and oxygen atoms in total. The predicted molar refractivity (Wildman–Crippen MR) is 55.7 cm³/mol. The van der Waals surface area contributed by atoms with Crippen LogP contribution in [0.3, 0.4) is 0 Å². The molecular formula is C10H21BO2. The van der Waals surface area contributed by atoms with Crippen LogP contribution < -0.4 is 0 Å². The monoisotopic (exact) mass is 184 g/mol. The van der Waals surface area contributed by atoms with Crippen molar-refractivity contribution in [3.05, 3.63) is 0 Å². The Balaban J connectivity index is 2.56. The van der Waals surface area contributed by atoms with Crippen LogP contribution in [0.4, 0.5) is 0 Å². The summed E-state index contributed by atoms with van der Waals surface area (Å²) in [6, 6.07) is 0. The van der Waals surface area contributed by atoms with E-state index in [1.807, 2.05) is 0 Å². The number of hydrogen-bond acceptors (Lipinski definition) is 2. The van der Waals surface area contributed by atoms with Gasteiger partial charge in [-0.2, -0.15) is 0 Å². The molecule has 0 bridgehead atoms. The van der Waals surface area contributed by atoms with Crippen LogP contribution in [-0.4, -0.2) is 19.3 Å². The molecule has 0 aromatic rings. The van der Waals surface area contributed by atoms with E-state index in [2.05, 4.69) is 27.7 Å². The summed E-state index contributed by atoms with van der Waals surface area (Å²) in [5.41, 5.74) is 0. The third kappa shape index (κ3) is 2.47. The summed E-state index contributed by atoms with van der Waals surface area (Å²) in [5, 5.41) is 0. The molecule has 1 heterocycles. The van der Waals surface area contributed by atoms with Gasteiger partial charge < -0.3 is 9.31 Å². The van der Waals surface area contributed by atoms with Crippen molar-refractivity contribution in [2.75, 3.05) is 0 Å². The molecule has 0 N–H and O–H groups in total. The van der Waals surface area contributed by atoms with Crippen LogP contribution in [0, 0.1) is 5.92 Å². The van der Waals surface area contributed by atoms with E-state index < -0.39 is 0 Å². The van der Waals surface area contributed by atoms with Crippen molar-refractivity contribution in [2.24, 2.45) is 5.92 Å². The highest BCUT2D eigenvalue weighted by Crippen LogP contribution is 2.27. The lowest BCUT2D eigenvalue weighted by Crippen LogP contribution is -2.46. The molecule has 1 fully saturated rings. The fraction of sp³-hybridized carbons (Fsp3) is 1.00. The Morgan fingerprint density at radius 3 is 1.77 bits per heavy atom. The first-order chi connectivity index (χ1) is 6.22. The Labute approximate surface area is 82.1 Å². The zero-order valence-electron chi connectivity index (χ0n) is 9.25. The number of rotatable bonds is 3. The van der Waals surface area contributed by atoms with Crippen molar-refractivity contribution in [1.82, 2.24) is 0 Å². The van der Waals surface area contributed by atoms with Gasteiger partial charge in [0, 0.05) is 18.1 Å². The summed E-state index contributed by atoms with van der Waals surface area (Å²) in [6.07, 6.45) is 3.93. The molecule has 0 spiro atoms. The zero-order valence-corrected chi connectivity index (χ0v) is 9.25. The first-order valence-electron chi connectivity index (χ1n) is 5.53. The summed E-state index contributed by atoms with van der Waals surface area (Å²) in [7, 11) is 0.0334. The molecule has 1 aliphatic rings. The fourth-order valence-electron chi connectivity index (χ4n) is 2.04. The zero-order chi connectivity index (χ0) is 9.84. The largest absolute Gasteiger partial charge is 0.456 e. The van der Waals surface area contributed by atoms with Gasteiger partial charge in [0.2, 0.25) is 0 Å². The molecule has 2 unspecified atom stereocenters. The summed E-state index contributed by atoms with van der Waals surface area (Å²) in [6.45, 7) is 8.71. The van der Waals surface area contributed by atoms with Crippen LogP contribution >= 0.6 is 0 Å². The van der Waals surface area contributed by atoms with Crippen LogP contribution in [0.1, 0.15) is 40.5 Å². The maximum Gasteiger partial charge on any atom is 0.456 e. The Morgan fingerprint density at radius 1 is 1.00 bits per heavy atom. The van der Waals surface area contributed by atoms with E-state index in [1.165, 1.54) is 0 Å². The van der Waals surface area contributed by atoms with E-state index in [9.17, 15) is 0 Å². The third-order valence-corrected chi connectivity index (χ3v) is 2.96. The van der Waals surface area contributed by atoms with E-state index in [0.29, 0.717) is 18.1 Å². The molecule has 0 aromatic heterocycles. The Hall–Kier alpha value is -0.0151. The highest BCUT2D eigenvalue weighted by molar-refractivity contribution is 6.44. The van der Waals surface area contributed by atoms with Gasteiger partial charge in [-0.3, -0.25) is 0 Å². The molecule has 0 radical (unpaired) electrons. The lowest BCUT2D eigenvalue weighted by atomic mass is 9.79. The third-order valence-electron chi connectivity index (χ3n) is 2.96. The van der Waals surface area contributed by atoms with Gasteiger partial charge >= 0.3 is 7.12 Å². The fourth-order valence-corrected chi connectivity index (χ4v) is 2.04. The molecule has 0 aromatic carbocycles. The summed E-state index contributed by atoms with van der Waals surface area (Å²) in [4.78, 5) is 0. The predicted octanol–water partition coefficient (Wildman–Crippen LogP) is 2.73. The van der Waals surface area contributed by atoms with Crippen molar-refractivity contribution in [1.29, 1.82) is 0 Å². The Morgan fingerprint density at radius 2 is 1.46 bits per heavy atom. The van der Waals surface area contributed by atoms with Gasteiger partial charge in [-0.25, -0.2) is 0 Å². The summed E-state index contributed by atoms with van der Waals surface area (Å²) < 4.78 is 11.6. The van der Waals surface area contributed by atoms with Crippen LogP contribution in [-0.2, 0) is 9.31 Å². The second-order valence-corrected chi connectivity index (χ2v) is 3.86. The highest BCUT2D eigenvalue weighted by atomic mass is 16.6. The van der Waals surface area contributed by atoms with Crippen molar-refractivity contribution >= 4 is 7.12 Å². The van der Waals surface area contributed by atoms with E-state index >= 15 is 0 Å². The summed E-state index contributed by atoms with van der Waals surface area (Å²) >= 11 is 0. The van der Waals surface area contributed by atoms with Crippen LogP contribution in [0.25, 0.3) is 0 Å². The van der Waals surface area contributed by atoms with Crippen molar-refractivity contribution in [2.45, 2.75) is 59.1 Å². The van der Waals surface area contributed by atoms with Crippen LogP contribution in [0.2, 0.25) is 6.32 Å². The van der Waals surface area contributed by atoms with Gasteiger partial charge in [0.25, 0.3) is 0 Å². The molecule has 1 rings (SSSR count). The SMILES string of the molecule is CCB1OC(CC)C(C)C(CC)O1. The lowest BCUT2D eigenvalue weighted by Gasteiger charge is -2.38. The minimum atomic E-state index is 0.0334. The molecule has 13 heavy (non-hydrogen) atoms. The van der Waals surface area contributed by atoms with Crippen molar-refractivity contribution < 1.29 is 9.31 Å². The topological polar surface area (TPSA) is 18.5 Å². The molecule has 1 saturated heterocycles. The first kappa shape index (κ1) is 11.1. The summed E-state index contributed by atoms with van der Waals surface area (Å²) in [5.74, 6) is 0.540. The van der Waals surface area contributed by atoms with E-state index in [4.69, 9.17) is 9.31 Å². The molecule has 1 aliphatic heterocycles. The molecule has 3 heteroatoms. The first-order valence-corrected chi connectivity index (χ1v) is 5.53. The number of hydrogen-bond donors (Lipinski definition) is 0. The molecular weight excluding hydrogens is 163 g/mol. The Kier molecular flexibility index (Phi) is 4.27. The van der Waals surface area contributed by atoms with E-state index in [1.54, 1.807) is 0 Å². The molecule has 0 amide bonds. The molecule has 76 valence electrons. The van der Waals surface area contributed by atoms with E-state index in [-0.39, 0.29) is 7.12 Å². The molecule has 0 aliphatic carbocycles. The van der Waals surface area contributed by atoms with Gasteiger partial charge in [-0.15, -0.1) is 0 Å². The quantitative estimate of drug-likeness (QED) is 0.628. The normalized spacial score (nSPS) is 35.1. The average Bonchev–Trinajstić information content (AvgIpc) is 2.18. The van der Waals surface area contributed by atoms with E-state index in [0.717, 1.165) is 19.2 Å². The highest BCUT2D eigenvalue weighted by Gasteiger charge is 2.36. The standard InChI is InChI=1S/C10H21BO2/c1-5-9-8(4)10(6-2)13-11(7-3)12-9/h8-10H,5-7H2,1-4H3. The van der Waals surface area contributed by atoms with Crippen molar-refractivity contribution in [3.8, 4) is 0 Å². The van der Waals surface area contributed by atoms with Crippen molar-refractivity contribution in [3.63, 3.8) is 0 Å². The minimum Gasteiger partial charge on any atom is -0.408 e.